The van der Waals surface area contributed by atoms with Gasteiger partial charge in [-0.3, -0.25) is 0 Å². The average molecular weight is 317 g/mol. The third-order valence-electron chi connectivity index (χ3n) is 3.27. The number of alkyl halides is 2. The van der Waals surface area contributed by atoms with Gasteiger partial charge in [-0.1, -0.05) is 16.9 Å². The minimum absolute atomic E-state index is 0.137. The van der Waals surface area contributed by atoms with E-state index in [1.54, 1.807) is 6.92 Å². The molecule has 1 aromatic rings. The first-order valence-corrected chi connectivity index (χ1v) is 7.23. The SMILES string of the molecule is Cc1cc(C(F)F)nc(S[C@@H]2C/C(=N\O)[C@H]3OC[C@@H]2O3)n1. The molecule has 3 heterocycles. The lowest BCUT2D eigenvalue weighted by Crippen LogP contribution is -2.37. The summed E-state index contributed by atoms with van der Waals surface area (Å²) in [6.07, 6.45) is -2.99. The molecule has 3 atom stereocenters. The van der Waals surface area contributed by atoms with Crippen molar-refractivity contribution in [1.82, 2.24) is 9.97 Å². The summed E-state index contributed by atoms with van der Waals surface area (Å²) in [6.45, 7) is 2.01. The molecule has 114 valence electrons. The Morgan fingerprint density at radius 3 is 3.00 bits per heavy atom. The molecule has 2 aliphatic rings. The Balaban J connectivity index is 1.80. The Bertz CT molecular complexity index is 573. The predicted octanol–water partition coefficient (Wildman–Crippen LogP) is 2.16. The molecule has 2 fully saturated rings. The zero-order valence-electron chi connectivity index (χ0n) is 11.1. The maximum Gasteiger partial charge on any atom is 0.280 e. The van der Waals surface area contributed by atoms with Gasteiger partial charge in [0.25, 0.3) is 6.43 Å². The highest BCUT2D eigenvalue weighted by Crippen LogP contribution is 2.36. The molecule has 9 heteroatoms. The van der Waals surface area contributed by atoms with E-state index in [4.69, 9.17) is 14.7 Å². The van der Waals surface area contributed by atoms with Gasteiger partial charge in [-0.25, -0.2) is 18.7 Å². The van der Waals surface area contributed by atoms with Crippen LogP contribution >= 0.6 is 11.8 Å². The fraction of sp³-hybridized carbons (Fsp3) is 0.583. The van der Waals surface area contributed by atoms with Gasteiger partial charge in [-0.2, -0.15) is 0 Å². The van der Waals surface area contributed by atoms with Crippen LogP contribution in [0.3, 0.4) is 0 Å². The van der Waals surface area contributed by atoms with Crippen molar-refractivity contribution in [3.63, 3.8) is 0 Å². The second-order valence-electron chi connectivity index (χ2n) is 4.81. The number of ether oxygens (including phenoxy) is 2. The van der Waals surface area contributed by atoms with E-state index in [0.717, 1.165) is 0 Å². The molecule has 0 saturated carbocycles. The zero-order valence-corrected chi connectivity index (χ0v) is 11.9. The van der Waals surface area contributed by atoms with Crippen molar-refractivity contribution in [1.29, 1.82) is 0 Å². The Morgan fingerprint density at radius 1 is 1.48 bits per heavy atom. The molecule has 2 aliphatic heterocycles. The van der Waals surface area contributed by atoms with Gasteiger partial charge >= 0.3 is 0 Å². The summed E-state index contributed by atoms with van der Waals surface area (Å²) in [6, 6.07) is 1.27. The van der Waals surface area contributed by atoms with Crippen LogP contribution in [0.2, 0.25) is 0 Å². The average Bonchev–Trinajstić information content (AvgIpc) is 2.86. The van der Waals surface area contributed by atoms with Crippen LogP contribution < -0.4 is 0 Å². The summed E-state index contributed by atoms with van der Waals surface area (Å²) in [5, 5.41) is 12.2. The largest absolute Gasteiger partial charge is 0.411 e. The molecular weight excluding hydrogens is 304 g/mol. The first kappa shape index (κ1) is 14.6. The molecule has 0 unspecified atom stereocenters. The lowest BCUT2D eigenvalue weighted by molar-refractivity contribution is -0.0169. The number of hydrogen-bond acceptors (Lipinski definition) is 7. The molecule has 0 aromatic carbocycles. The lowest BCUT2D eigenvalue weighted by Gasteiger charge is -2.26. The van der Waals surface area contributed by atoms with Gasteiger partial charge in [0.05, 0.1) is 12.7 Å². The molecule has 0 aliphatic carbocycles. The molecule has 1 N–H and O–H groups in total. The van der Waals surface area contributed by atoms with Gasteiger partial charge in [-0.05, 0) is 13.0 Å². The van der Waals surface area contributed by atoms with Crippen LogP contribution in [-0.2, 0) is 9.47 Å². The van der Waals surface area contributed by atoms with Crippen LogP contribution in [0, 0.1) is 6.92 Å². The van der Waals surface area contributed by atoms with Gasteiger partial charge in [0.15, 0.2) is 5.16 Å². The van der Waals surface area contributed by atoms with Crippen molar-refractivity contribution in [2.24, 2.45) is 5.16 Å². The van der Waals surface area contributed by atoms with E-state index in [1.807, 2.05) is 0 Å². The standard InChI is InChI=1S/C12H13F2N3O3S/c1-5-2-6(10(13)14)16-12(15-5)21-9-3-7(17-18)11-19-4-8(9)20-11/h2,8-11,18H,3-4H2,1H3/b17-7+/t8-,9+,11-/m0/s1. The van der Waals surface area contributed by atoms with Crippen LogP contribution in [0.5, 0.6) is 0 Å². The molecule has 3 rings (SSSR count). The molecule has 1 aromatic heterocycles. The number of thioether (sulfide) groups is 1. The van der Waals surface area contributed by atoms with Crippen LogP contribution in [-0.4, -0.2) is 45.1 Å². The number of aromatic nitrogens is 2. The highest BCUT2D eigenvalue weighted by atomic mass is 32.2. The van der Waals surface area contributed by atoms with E-state index in [0.29, 0.717) is 24.4 Å². The van der Waals surface area contributed by atoms with Crippen molar-refractivity contribution in [3.8, 4) is 0 Å². The molecule has 2 saturated heterocycles. The summed E-state index contributed by atoms with van der Waals surface area (Å²) < 4.78 is 36.5. The fourth-order valence-electron chi connectivity index (χ4n) is 2.29. The molecule has 0 radical (unpaired) electrons. The van der Waals surface area contributed by atoms with E-state index in [2.05, 4.69) is 15.1 Å². The van der Waals surface area contributed by atoms with Gasteiger partial charge in [0.2, 0.25) is 6.29 Å². The Kier molecular flexibility index (Phi) is 4.05. The number of halogens is 2. The van der Waals surface area contributed by atoms with Gasteiger partial charge in [0.1, 0.15) is 11.4 Å². The first-order valence-electron chi connectivity index (χ1n) is 6.35. The highest BCUT2D eigenvalue weighted by molar-refractivity contribution is 7.99. The van der Waals surface area contributed by atoms with Crippen LogP contribution in [0.15, 0.2) is 16.4 Å². The summed E-state index contributed by atoms with van der Waals surface area (Å²) >= 11 is 1.24. The number of nitrogens with zero attached hydrogens (tertiary/aromatic N) is 3. The Labute approximate surface area is 123 Å². The number of aryl methyl sites for hydroxylation is 1. The molecule has 2 bridgehead atoms. The van der Waals surface area contributed by atoms with Crippen molar-refractivity contribution < 1.29 is 23.5 Å². The van der Waals surface area contributed by atoms with E-state index >= 15 is 0 Å². The second-order valence-corrected chi connectivity index (χ2v) is 6.02. The minimum Gasteiger partial charge on any atom is -0.411 e. The van der Waals surface area contributed by atoms with Crippen molar-refractivity contribution in [2.45, 2.75) is 42.6 Å². The summed E-state index contributed by atoms with van der Waals surface area (Å²) in [4.78, 5) is 8.03. The van der Waals surface area contributed by atoms with Crippen LogP contribution in [0.1, 0.15) is 24.2 Å². The molecule has 21 heavy (non-hydrogen) atoms. The third-order valence-corrected chi connectivity index (χ3v) is 4.44. The van der Waals surface area contributed by atoms with E-state index in [-0.39, 0.29) is 22.2 Å². The molecular formula is C12H13F2N3O3S. The number of hydrogen-bond donors (Lipinski definition) is 1. The molecule has 0 amide bonds. The summed E-state index contributed by atoms with van der Waals surface area (Å²) in [5.74, 6) is 0. The molecule has 0 spiro atoms. The second kappa shape index (κ2) is 5.82. The monoisotopic (exact) mass is 317 g/mol. The smallest absolute Gasteiger partial charge is 0.280 e. The van der Waals surface area contributed by atoms with Gasteiger partial charge in [0, 0.05) is 17.4 Å². The van der Waals surface area contributed by atoms with Crippen LogP contribution in [0.4, 0.5) is 8.78 Å². The number of oxime groups is 1. The summed E-state index contributed by atoms with van der Waals surface area (Å²) in [7, 11) is 0. The van der Waals surface area contributed by atoms with Crippen molar-refractivity contribution in [3.05, 3.63) is 17.5 Å². The van der Waals surface area contributed by atoms with Crippen molar-refractivity contribution in [2.75, 3.05) is 6.61 Å². The number of fused-ring (bicyclic) bond motifs is 2. The maximum absolute atomic E-state index is 12.8. The summed E-state index contributed by atoms with van der Waals surface area (Å²) in [5.41, 5.74) is 0.581. The topological polar surface area (TPSA) is 76.8 Å². The Morgan fingerprint density at radius 2 is 2.29 bits per heavy atom. The predicted molar refractivity (Wildman–Crippen MR) is 69.8 cm³/mol. The minimum atomic E-state index is -2.64. The Hall–Kier alpha value is -1.32. The van der Waals surface area contributed by atoms with E-state index < -0.39 is 12.7 Å². The van der Waals surface area contributed by atoms with Gasteiger partial charge in [-0.15, -0.1) is 0 Å². The van der Waals surface area contributed by atoms with E-state index in [1.165, 1.54) is 17.8 Å². The normalized spacial score (nSPS) is 30.3. The van der Waals surface area contributed by atoms with Crippen molar-refractivity contribution >= 4 is 17.5 Å². The highest BCUT2D eigenvalue weighted by Gasteiger charge is 2.43. The zero-order chi connectivity index (χ0) is 15.0. The quantitative estimate of drug-likeness (QED) is 0.523. The third kappa shape index (κ3) is 2.99. The number of rotatable bonds is 3. The van der Waals surface area contributed by atoms with Gasteiger partial charge < -0.3 is 14.7 Å². The van der Waals surface area contributed by atoms with E-state index in [9.17, 15) is 8.78 Å². The fourth-order valence-corrected chi connectivity index (χ4v) is 3.47. The lowest BCUT2D eigenvalue weighted by atomic mass is 10.1. The maximum atomic E-state index is 12.8. The molecule has 6 nitrogen and oxygen atoms in total. The first-order chi connectivity index (χ1) is 10.1. The van der Waals surface area contributed by atoms with Crippen LogP contribution in [0.25, 0.3) is 0 Å².